The van der Waals surface area contributed by atoms with Crippen LogP contribution in [0.4, 0.5) is 0 Å². The number of H-pyrrole nitrogens is 1. The number of fused-ring (bicyclic) bond motifs is 1. The molecule has 3 rings (SSSR count). The maximum Gasteiger partial charge on any atom is 0.269 e. The molecular weight excluding hydrogens is 382 g/mol. The molecule has 0 fully saturated rings. The number of hydrazine groups is 1. The first kappa shape index (κ1) is 21.2. The van der Waals surface area contributed by atoms with Crippen molar-refractivity contribution >= 4 is 22.7 Å². The number of ether oxygens (including phenoxy) is 2. The normalized spacial score (nSPS) is 10.8. The Morgan fingerprint density at radius 2 is 1.87 bits per heavy atom. The summed E-state index contributed by atoms with van der Waals surface area (Å²) < 4.78 is 10.9. The molecule has 0 aliphatic carbocycles. The van der Waals surface area contributed by atoms with Gasteiger partial charge in [0.25, 0.3) is 5.91 Å². The third-order valence-electron chi connectivity index (χ3n) is 4.63. The van der Waals surface area contributed by atoms with E-state index in [0.29, 0.717) is 29.9 Å². The molecule has 0 aliphatic heterocycles. The number of para-hydroxylation sites is 1. The molecule has 0 saturated heterocycles. The van der Waals surface area contributed by atoms with Crippen molar-refractivity contribution in [3.8, 4) is 11.5 Å². The minimum absolute atomic E-state index is 0.0119. The Balaban J connectivity index is 1.47. The van der Waals surface area contributed by atoms with Gasteiger partial charge in [-0.15, -0.1) is 0 Å². The molecule has 158 valence electrons. The van der Waals surface area contributed by atoms with Crippen LogP contribution in [0, 0.1) is 0 Å². The lowest BCUT2D eigenvalue weighted by Crippen LogP contribution is -2.41. The Morgan fingerprint density at radius 3 is 2.63 bits per heavy atom. The van der Waals surface area contributed by atoms with Crippen molar-refractivity contribution in [3.05, 3.63) is 59.8 Å². The minimum atomic E-state index is -0.422. The number of aromatic nitrogens is 1. The highest BCUT2D eigenvalue weighted by molar-refractivity contribution is 5.96. The number of amides is 2. The molecule has 1 heterocycles. The zero-order valence-corrected chi connectivity index (χ0v) is 17.5. The lowest BCUT2D eigenvalue weighted by molar-refractivity contribution is -0.121. The fourth-order valence-corrected chi connectivity index (χ4v) is 3.20. The van der Waals surface area contributed by atoms with Crippen LogP contribution in [0.3, 0.4) is 0 Å². The summed E-state index contributed by atoms with van der Waals surface area (Å²) in [5.74, 6) is 0.357. The highest BCUT2D eigenvalue weighted by Crippen LogP contribution is 2.28. The van der Waals surface area contributed by atoms with Crippen LogP contribution in [0.25, 0.3) is 10.9 Å². The second-order valence-electron chi connectivity index (χ2n) is 7.25. The van der Waals surface area contributed by atoms with E-state index in [9.17, 15) is 9.59 Å². The average molecular weight is 409 g/mol. The van der Waals surface area contributed by atoms with Crippen LogP contribution in [0.5, 0.6) is 11.5 Å². The van der Waals surface area contributed by atoms with Gasteiger partial charge in [0.15, 0.2) is 11.5 Å². The molecule has 3 aromatic rings. The van der Waals surface area contributed by atoms with Crippen molar-refractivity contribution in [2.24, 2.45) is 0 Å². The van der Waals surface area contributed by atoms with Gasteiger partial charge in [0.2, 0.25) is 5.91 Å². The van der Waals surface area contributed by atoms with Crippen LogP contribution >= 0.6 is 0 Å². The van der Waals surface area contributed by atoms with E-state index in [1.165, 1.54) is 18.1 Å². The summed E-state index contributed by atoms with van der Waals surface area (Å²) in [6.07, 6.45) is 3.73. The van der Waals surface area contributed by atoms with E-state index < -0.39 is 5.91 Å². The van der Waals surface area contributed by atoms with Crippen molar-refractivity contribution in [3.63, 3.8) is 0 Å². The van der Waals surface area contributed by atoms with Gasteiger partial charge in [-0.25, -0.2) is 0 Å². The van der Waals surface area contributed by atoms with Crippen LogP contribution in [0.15, 0.2) is 48.7 Å². The maximum absolute atomic E-state index is 12.3. The molecule has 1 aromatic heterocycles. The summed E-state index contributed by atoms with van der Waals surface area (Å²) in [6, 6.07) is 13.0. The first-order chi connectivity index (χ1) is 14.5. The first-order valence-corrected chi connectivity index (χ1v) is 9.96. The molecular formula is C23H27N3O4. The molecule has 30 heavy (non-hydrogen) atoms. The summed E-state index contributed by atoms with van der Waals surface area (Å²) in [7, 11) is 1.51. The molecule has 3 N–H and O–H groups in total. The number of carbonyl (C=O) groups excluding carboxylic acids is 2. The molecule has 7 nitrogen and oxygen atoms in total. The van der Waals surface area contributed by atoms with Crippen LogP contribution in [-0.4, -0.2) is 30.0 Å². The van der Waals surface area contributed by atoms with Crippen LogP contribution in [0.1, 0.15) is 42.6 Å². The summed E-state index contributed by atoms with van der Waals surface area (Å²) in [5.41, 5.74) is 7.54. The summed E-state index contributed by atoms with van der Waals surface area (Å²) in [5, 5.41) is 1.17. The third kappa shape index (κ3) is 5.31. The second kappa shape index (κ2) is 9.82. The number of benzene rings is 2. The van der Waals surface area contributed by atoms with Crippen LogP contribution < -0.4 is 20.3 Å². The van der Waals surface area contributed by atoms with Crippen molar-refractivity contribution in [2.45, 2.75) is 39.2 Å². The van der Waals surface area contributed by atoms with E-state index in [2.05, 4.69) is 21.9 Å². The summed E-state index contributed by atoms with van der Waals surface area (Å²) in [6.45, 7) is 3.82. The van der Waals surface area contributed by atoms with Gasteiger partial charge in [-0.3, -0.25) is 20.4 Å². The number of rotatable bonds is 8. The zero-order valence-electron chi connectivity index (χ0n) is 17.5. The van der Waals surface area contributed by atoms with Crippen LogP contribution in [0.2, 0.25) is 0 Å². The fraction of sp³-hybridized carbons (Fsp3) is 0.304. The molecule has 0 unspecified atom stereocenters. The van der Waals surface area contributed by atoms with E-state index in [1.807, 2.05) is 38.2 Å². The summed E-state index contributed by atoms with van der Waals surface area (Å²) in [4.78, 5) is 27.7. The molecule has 0 atom stereocenters. The lowest BCUT2D eigenvalue weighted by atomic mass is 10.1. The standard InChI is InChI=1S/C23H27N3O4/c1-15(2)30-20-12-11-16(13-21(20)29-3)23(28)26-25-22(27)10-6-7-17-14-24-19-9-5-4-8-18(17)19/h4-5,8-9,11-15,24H,6-7,10H2,1-3H3,(H,25,27)(H,26,28). The molecule has 2 amide bonds. The molecule has 0 saturated carbocycles. The topological polar surface area (TPSA) is 92.5 Å². The number of carbonyl (C=O) groups is 2. The Hall–Kier alpha value is -3.48. The number of aryl methyl sites for hydroxylation is 1. The Bertz CT molecular complexity index is 1030. The van der Waals surface area contributed by atoms with Crippen LogP contribution in [-0.2, 0) is 11.2 Å². The van der Waals surface area contributed by atoms with E-state index >= 15 is 0 Å². The van der Waals surface area contributed by atoms with Crippen molar-refractivity contribution in [2.75, 3.05) is 7.11 Å². The highest BCUT2D eigenvalue weighted by atomic mass is 16.5. The van der Waals surface area contributed by atoms with Gasteiger partial charge < -0.3 is 14.5 Å². The van der Waals surface area contributed by atoms with E-state index in [0.717, 1.165) is 11.9 Å². The number of nitrogens with one attached hydrogen (secondary N) is 3. The fourth-order valence-electron chi connectivity index (χ4n) is 3.20. The first-order valence-electron chi connectivity index (χ1n) is 9.96. The Morgan fingerprint density at radius 1 is 1.07 bits per heavy atom. The predicted octanol–water partition coefficient (Wildman–Crippen LogP) is 3.75. The molecule has 2 aromatic carbocycles. The highest BCUT2D eigenvalue weighted by Gasteiger charge is 2.13. The summed E-state index contributed by atoms with van der Waals surface area (Å²) >= 11 is 0. The molecule has 7 heteroatoms. The van der Waals surface area contributed by atoms with Crippen molar-refractivity contribution < 1.29 is 19.1 Å². The minimum Gasteiger partial charge on any atom is -0.493 e. The number of hydrogen-bond acceptors (Lipinski definition) is 4. The van der Waals surface area contributed by atoms with Crippen molar-refractivity contribution in [1.29, 1.82) is 0 Å². The zero-order chi connectivity index (χ0) is 21.5. The van der Waals surface area contributed by atoms with Gasteiger partial charge in [-0.05, 0) is 56.5 Å². The van der Waals surface area contributed by atoms with Gasteiger partial charge in [0, 0.05) is 29.1 Å². The van der Waals surface area contributed by atoms with Gasteiger partial charge in [0.1, 0.15) is 0 Å². The van der Waals surface area contributed by atoms with Gasteiger partial charge in [-0.2, -0.15) is 0 Å². The maximum atomic E-state index is 12.3. The van der Waals surface area contributed by atoms with Gasteiger partial charge in [0.05, 0.1) is 13.2 Å². The lowest BCUT2D eigenvalue weighted by Gasteiger charge is -2.14. The number of hydrogen-bond donors (Lipinski definition) is 3. The Kier molecular flexibility index (Phi) is 6.95. The number of aromatic amines is 1. The molecule has 0 aliphatic rings. The van der Waals surface area contributed by atoms with E-state index in [4.69, 9.17) is 9.47 Å². The number of methoxy groups -OCH3 is 1. The predicted molar refractivity (Wildman–Crippen MR) is 116 cm³/mol. The molecule has 0 spiro atoms. The third-order valence-corrected chi connectivity index (χ3v) is 4.63. The average Bonchev–Trinajstić information content (AvgIpc) is 3.15. The SMILES string of the molecule is COc1cc(C(=O)NNC(=O)CCCc2c[nH]c3ccccc23)ccc1OC(C)C. The molecule has 0 bridgehead atoms. The van der Waals surface area contributed by atoms with E-state index in [1.54, 1.807) is 18.2 Å². The van der Waals surface area contributed by atoms with E-state index in [-0.39, 0.29) is 12.0 Å². The second-order valence-corrected chi connectivity index (χ2v) is 7.25. The van der Waals surface area contributed by atoms with Gasteiger partial charge >= 0.3 is 0 Å². The van der Waals surface area contributed by atoms with Crippen molar-refractivity contribution in [1.82, 2.24) is 15.8 Å². The van der Waals surface area contributed by atoms with Gasteiger partial charge in [-0.1, -0.05) is 18.2 Å². The molecule has 0 radical (unpaired) electrons. The largest absolute Gasteiger partial charge is 0.493 e. The quantitative estimate of drug-likeness (QED) is 0.494. The monoisotopic (exact) mass is 409 g/mol. The smallest absolute Gasteiger partial charge is 0.269 e. The Labute approximate surface area is 175 Å².